The molecular formula is C17H17ClN2O3S2. The van der Waals surface area contributed by atoms with E-state index in [9.17, 15) is 13.2 Å². The smallest absolute Gasteiger partial charge is 0.273 e. The molecule has 4 rings (SSSR count). The molecule has 8 heteroatoms. The highest BCUT2D eigenvalue weighted by atomic mass is 35.5. The normalized spacial score (nSPS) is 16.7. The Bertz CT molecular complexity index is 968. The van der Waals surface area contributed by atoms with Crippen LogP contribution in [0.5, 0.6) is 0 Å². The number of para-hydroxylation sites is 1. The van der Waals surface area contributed by atoms with Crippen LogP contribution in [-0.2, 0) is 34.2 Å². The molecule has 1 aromatic heterocycles. The highest BCUT2D eigenvalue weighted by Gasteiger charge is 2.35. The number of amides is 1. The van der Waals surface area contributed by atoms with E-state index in [2.05, 4.69) is 0 Å². The molecule has 5 nitrogen and oxygen atoms in total. The number of fused-ring (bicyclic) bond motifs is 2. The van der Waals surface area contributed by atoms with Gasteiger partial charge in [0.25, 0.3) is 10.0 Å². The predicted molar refractivity (Wildman–Crippen MR) is 98.8 cm³/mol. The van der Waals surface area contributed by atoms with E-state index in [-0.39, 0.29) is 5.91 Å². The highest BCUT2D eigenvalue weighted by Crippen LogP contribution is 2.40. The number of anilines is 1. The molecule has 0 fully saturated rings. The molecule has 0 saturated carbocycles. The Balaban J connectivity index is 1.71. The first kappa shape index (κ1) is 16.9. The molecule has 0 spiro atoms. The van der Waals surface area contributed by atoms with Crippen molar-refractivity contribution in [3.63, 3.8) is 0 Å². The number of sulfonamides is 1. The molecule has 0 aliphatic carbocycles. The van der Waals surface area contributed by atoms with Gasteiger partial charge >= 0.3 is 0 Å². The van der Waals surface area contributed by atoms with Crippen LogP contribution >= 0.6 is 22.9 Å². The molecule has 0 unspecified atom stereocenters. The van der Waals surface area contributed by atoms with Gasteiger partial charge in [-0.15, -0.1) is 11.3 Å². The molecule has 0 atom stereocenters. The SMILES string of the molecule is CC(=O)N1CCc2sc(S(=O)(=O)N3CCc4cccc(Cl)c43)cc2C1. The highest BCUT2D eigenvalue weighted by molar-refractivity contribution is 7.94. The zero-order valence-electron chi connectivity index (χ0n) is 13.7. The van der Waals surface area contributed by atoms with Gasteiger partial charge in [-0.25, -0.2) is 8.42 Å². The lowest BCUT2D eigenvalue weighted by molar-refractivity contribution is -0.129. The molecule has 2 aromatic rings. The zero-order valence-corrected chi connectivity index (χ0v) is 16.0. The van der Waals surface area contributed by atoms with Crippen LogP contribution in [0.3, 0.4) is 0 Å². The van der Waals surface area contributed by atoms with Gasteiger partial charge in [0.05, 0.1) is 10.7 Å². The summed E-state index contributed by atoms with van der Waals surface area (Å²) in [5.74, 6) is 0.0153. The number of rotatable bonds is 2. The van der Waals surface area contributed by atoms with Crippen molar-refractivity contribution in [3.8, 4) is 0 Å². The topological polar surface area (TPSA) is 57.7 Å². The van der Waals surface area contributed by atoms with Crippen LogP contribution in [0.25, 0.3) is 0 Å². The number of carbonyl (C=O) groups is 1. The molecule has 0 bridgehead atoms. The number of nitrogens with zero attached hydrogens (tertiary/aromatic N) is 2. The fraction of sp³-hybridized carbons (Fsp3) is 0.353. The minimum Gasteiger partial charge on any atom is -0.338 e. The van der Waals surface area contributed by atoms with Crippen LogP contribution in [0.4, 0.5) is 5.69 Å². The summed E-state index contributed by atoms with van der Waals surface area (Å²) >= 11 is 7.58. The third-order valence-corrected chi connectivity index (χ3v) is 8.53. The fourth-order valence-corrected chi connectivity index (χ4v) is 6.95. The van der Waals surface area contributed by atoms with Gasteiger partial charge in [0.15, 0.2) is 0 Å². The number of halogens is 1. The Labute approximate surface area is 155 Å². The van der Waals surface area contributed by atoms with Crippen molar-refractivity contribution in [2.45, 2.75) is 30.5 Å². The second-order valence-electron chi connectivity index (χ2n) is 6.28. The lowest BCUT2D eigenvalue weighted by atomic mass is 10.1. The Morgan fingerprint density at radius 1 is 1.20 bits per heavy atom. The van der Waals surface area contributed by atoms with Crippen molar-refractivity contribution in [1.29, 1.82) is 0 Å². The van der Waals surface area contributed by atoms with Gasteiger partial charge in [0, 0.05) is 31.4 Å². The van der Waals surface area contributed by atoms with E-state index in [1.807, 2.05) is 12.1 Å². The maximum Gasteiger partial charge on any atom is 0.273 e. The Kier molecular flexibility index (Phi) is 4.05. The van der Waals surface area contributed by atoms with Gasteiger partial charge in [0.2, 0.25) is 5.91 Å². The molecule has 2 aliphatic rings. The lowest BCUT2D eigenvalue weighted by Gasteiger charge is -2.25. The molecule has 1 amide bonds. The zero-order chi connectivity index (χ0) is 17.8. The van der Waals surface area contributed by atoms with E-state index in [1.165, 1.54) is 22.6 Å². The molecule has 0 N–H and O–H groups in total. The van der Waals surface area contributed by atoms with Crippen LogP contribution < -0.4 is 4.31 Å². The van der Waals surface area contributed by atoms with E-state index >= 15 is 0 Å². The minimum atomic E-state index is -3.64. The number of benzene rings is 1. The van der Waals surface area contributed by atoms with Crippen molar-refractivity contribution in [3.05, 3.63) is 45.3 Å². The van der Waals surface area contributed by atoms with Gasteiger partial charge in [-0.3, -0.25) is 9.10 Å². The average Bonchev–Trinajstić information content (AvgIpc) is 3.19. The van der Waals surface area contributed by atoms with Crippen LogP contribution in [0, 0.1) is 0 Å². The van der Waals surface area contributed by atoms with Gasteiger partial charge in [-0.2, -0.15) is 0 Å². The molecule has 132 valence electrons. The lowest BCUT2D eigenvalue weighted by Crippen LogP contribution is -2.33. The third-order valence-electron chi connectivity index (χ3n) is 4.74. The quantitative estimate of drug-likeness (QED) is 0.783. The van der Waals surface area contributed by atoms with Crippen molar-refractivity contribution < 1.29 is 13.2 Å². The number of hydrogen-bond acceptors (Lipinski definition) is 4. The number of carbonyl (C=O) groups excluding carboxylic acids is 1. The summed E-state index contributed by atoms with van der Waals surface area (Å²) in [6.45, 7) is 3.07. The second kappa shape index (κ2) is 6.00. The van der Waals surface area contributed by atoms with Crippen molar-refractivity contribution in [2.24, 2.45) is 0 Å². The molecule has 0 saturated heterocycles. The standard InChI is InChI=1S/C17H17ClN2O3S2/c1-11(21)19-7-6-15-13(10-19)9-16(24-15)25(22,23)20-8-5-12-3-2-4-14(18)17(12)20/h2-4,9H,5-8,10H2,1H3. The molecule has 1 aromatic carbocycles. The van der Waals surface area contributed by atoms with Gasteiger partial charge < -0.3 is 4.90 Å². The third kappa shape index (κ3) is 2.74. The van der Waals surface area contributed by atoms with E-state index < -0.39 is 10.0 Å². The first-order valence-electron chi connectivity index (χ1n) is 8.05. The average molecular weight is 397 g/mol. The van der Waals surface area contributed by atoms with E-state index in [4.69, 9.17) is 11.6 Å². The second-order valence-corrected chi connectivity index (χ2v) is 9.91. The van der Waals surface area contributed by atoms with E-state index in [1.54, 1.807) is 17.0 Å². The fourth-order valence-electron chi connectivity index (χ4n) is 3.43. The number of hydrogen-bond donors (Lipinski definition) is 0. The summed E-state index contributed by atoms with van der Waals surface area (Å²) in [6, 6.07) is 7.20. The van der Waals surface area contributed by atoms with Crippen molar-refractivity contribution in [2.75, 3.05) is 17.4 Å². The van der Waals surface area contributed by atoms with Gasteiger partial charge in [0.1, 0.15) is 4.21 Å². The summed E-state index contributed by atoms with van der Waals surface area (Å²) < 4.78 is 28.1. The molecule has 0 radical (unpaired) electrons. The summed E-state index contributed by atoms with van der Waals surface area (Å²) in [4.78, 5) is 14.4. The largest absolute Gasteiger partial charge is 0.338 e. The predicted octanol–water partition coefficient (Wildman–Crippen LogP) is 3.06. The molecule has 3 heterocycles. The molecule has 2 aliphatic heterocycles. The summed E-state index contributed by atoms with van der Waals surface area (Å²) in [6.07, 6.45) is 1.37. The van der Waals surface area contributed by atoms with Gasteiger partial charge in [-0.05, 0) is 36.1 Å². The summed E-state index contributed by atoms with van der Waals surface area (Å²) in [5.41, 5.74) is 2.49. The van der Waals surface area contributed by atoms with E-state index in [0.29, 0.717) is 47.4 Å². The van der Waals surface area contributed by atoms with Crippen LogP contribution in [0.2, 0.25) is 5.02 Å². The minimum absolute atomic E-state index is 0.0153. The summed E-state index contributed by atoms with van der Waals surface area (Å²) in [5, 5.41) is 0.461. The Hall–Kier alpha value is -1.57. The van der Waals surface area contributed by atoms with Crippen LogP contribution in [0.1, 0.15) is 22.9 Å². The van der Waals surface area contributed by atoms with E-state index in [0.717, 1.165) is 16.0 Å². The first-order valence-corrected chi connectivity index (χ1v) is 10.7. The maximum atomic E-state index is 13.2. The maximum absolute atomic E-state index is 13.2. The summed E-state index contributed by atoms with van der Waals surface area (Å²) in [7, 11) is -3.64. The van der Waals surface area contributed by atoms with Crippen molar-refractivity contribution in [1.82, 2.24) is 4.90 Å². The van der Waals surface area contributed by atoms with Crippen LogP contribution in [0.15, 0.2) is 28.5 Å². The number of thiophene rings is 1. The van der Waals surface area contributed by atoms with Crippen molar-refractivity contribution >= 4 is 44.6 Å². The molecule has 25 heavy (non-hydrogen) atoms. The Morgan fingerprint density at radius 2 is 2.00 bits per heavy atom. The first-order chi connectivity index (χ1) is 11.9. The Morgan fingerprint density at radius 3 is 2.76 bits per heavy atom. The van der Waals surface area contributed by atoms with Crippen LogP contribution in [-0.4, -0.2) is 32.3 Å². The monoisotopic (exact) mass is 396 g/mol. The molecular weight excluding hydrogens is 380 g/mol. The van der Waals surface area contributed by atoms with Gasteiger partial charge in [-0.1, -0.05) is 23.7 Å².